The molecule has 0 atom stereocenters. The number of hydrogen-bond donors (Lipinski definition) is 0. The molecule has 1 saturated heterocycles. The van der Waals surface area contributed by atoms with Gasteiger partial charge in [0.1, 0.15) is 5.69 Å². The Morgan fingerprint density at radius 1 is 1.24 bits per heavy atom. The topological polar surface area (TPSA) is 47.4 Å². The number of aromatic nitrogens is 2. The van der Waals surface area contributed by atoms with Crippen LogP contribution in [-0.4, -0.2) is 59.1 Å². The number of ketones is 1. The van der Waals surface area contributed by atoms with Crippen LogP contribution < -0.4 is 0 Å². The highest BCUT2D eigenvalue weighted by molar-refractivity contribution is 7.99. The molecule has 6 heteroatoms. The Kier molecular flexibility index (Phi) is 6.29. The highest BCUT2D eigenvalue weighted by atomic mass is 32.2. The molecule has 1 fully saturated rings. The van der Waals surface area contributed by atoms with Gasteiger partial charge in [0.25, 0.3) is 0 Å². The number of morpholine rings is 1. The van der Waals surface area contributed by atoms with Crippen molar-refractivity contribution in [3.8, 4) is 0 Å². The number of aryl methyl sites for hydroxylation is 1. The summed E-state index contributed by atoms with van der Waals surface area (Å²) in [5.41, 5.74) is 2.83. The summed E-state index contributed by atoms with van der Waals surface area (Å²) >= 11 is 1.89. The molecule has 5 nitrogen and oxygen atoms in total. The van der Waals surface area contributed by atoms with Crippen molar-refractivity contribution in [1.82, 2.24) is 14.7 Å². The van der Waals surface area contributed by atoms with Gasteiger partial charge in [0.2, 0.25) is 0 Å². The van der Waals surface area contributed by atoms with E-state index in [-0.39, 0.29) is 5.78 Å². The molecule has 25 heavy (non-hydrogen) atoms. The van der Waals surface area contributed by atoms with Crippen molar-refractivity contribution in [2.24, 2.45) is 7.05 Å². The van der Waals surface area contributed by atoms with Crippen molar-refractivity contribution >= 4 is 17.5 Å². The molecule has 0 N–H and O–H groups in total. The van der Waals surface area contributed by atoms with Crippen molar-refractivity contribution in [1.29, 1.82) is 0 Å². The molecule has 134 valence electrons. The maximum absolute atomic E-state index is 11.8. The maximum Gasteiger partial charge on any atom is 0.180 e. The fourth-order valence-electron chi connectivity index (χ4n) is 3.07. The van der Waals surface area contributed by atoms with Gasteiger partial charge in [0, 0.05) is 62.4 Å². The summed E-state index contributed by atoms with van der Waals surface area (Å²) < 4.78 is 7.12. The number of nitrogens with zero attached hydrogens (tertiary/aromatic N) is 3. The predicted octanol–water partition coefficient (Wildman–Crippen LogP) is 2.64. The van der Waals surface area contributed by atoms with E-state index in [1.807, 2.05) is 25.0 Å². The van der Waals surface area contributed by atoms with Gasteiger partial charge in [0.15, 0.2) is 5.78 Å². The van der Waals surface area contributed by atoms with Crippen LogP contribution in [0.5, 0.6) is 0 Å². The molecule has 0 radical (unpaired) electrons. The molecule has 0 bridgehead atoms. The third kappa shape index (κ3) is 4.93. The van der Waals surface area contributed by atoms with Gasteiger partial charge in [-0.05, 0) is 11.6 Å². The highest BCUT2D eigenvalue weighted by Crippen LogP contribution is 2.26. The second-order valence-corrected chi connectivity index (χ2v) is 7.46. The molecule has 1 aromatic carbocycles. The van der Waals surface area contributed by atoms with E-state index in [2.05, 4.69) is 34.3 Å². The molecule has 3 rings (SSSR count). The summed E-state index contributed by atoms with van der Waals surface area (Å²) in [4.78, 5) is 15.5. The molecular formula is C19H25N3O2S. The minimum atomic E-state index is 0.0213. The van der Waals surface area contributed by atoms with E-state index in [9.17, 15) is 4.79 Å². The lowest BCUT2D eigenvalue weighted by atomic mass is 10.0. The van der Waals surface area contributed by atoms with Gasteiger partial charge in [-0.25, -0.2) is 0 Å². The first-order chi connectivity index (χ1) is 12.1. The summed E-state index contributed by atoms with van der Waals surface area (Å²) in [6, 6.07) is 8.46. The Morgan fingerprint density at radius 2 is 2.00 bits per heavy atom. The second-order valence-electron chi connectivity index (χ2n) is 6.32. The summed E-state index contributed by atoms with van der Waals surface area (Å²) in [5.74, 6) is 1.08. The fourth-order valence-corrected chi connectivity index (χ4v) is 4.14. The van der Waals surface area contributed by atoms with E-state index in [1.54, 1.807) is 11.6 Å². The molecule has 1 aliphatic rings. The molecule has 0 aliphatic carbocycles. The first-order valence-corrected chi connectivity index (χ1v) is 9.66. The lowest BCUT2D eigenvalue weighted by Gasteiger charge is -2.26. The van der Waals surface area contributed by atoms with Crippen molar-refractivity contribution < 1.29 is 9.53 Å². The van der Waals surface area contributed by atoms with Gasteiger partial charge < -0.3 is 4.74 Å². The van der Waals surface area contributed by atoms with Crippen LogP contribution in [0.1, 0.15) is 28.5 Å². The Balaban J connectivity index is 1.65. The molecule has 1 aliphatic heterocycles. The molecule has 0 spiro atoms. The summed E-state index contributed by atoms with van der Waals surface area (Å²) in [6.07, 6.45) is 2.69. The standard InChI is InChI=1S/C19H25N3O2S/c1-15(23)19-17(14-21(2)20-19)13-16-5-3-4-6-18(16)25-12-9-22-7-10-24-11-8-22/h3-6,14H,7-13H2,1-2H3. The van der Waals surface area contributed by atoms with Crippen molar-refractivity contribution in [3.63, 3.8) is 0 Å². The largest absolute Gasteiger partial charge is 0.379 e. The second kappa shape index (κ2) is 8.65. The number of benzene rings is 1. The number of carbonyl (C=O) groups excluding carboxylic acids is 1. The number of thioether (sulfide) groups is 1. The van der Waals surface area contributed by atoms with Gasteiger partial charge in [-0.3, -0.25) is 14.4 Å². The van der Waals surface area contributed by atoms with Crippen molar-refractivity contribution in [3.05, 3.63) is 47.3 Å². The number of ether oxygens (including phenoxy) is 1. The molecule has 2 aromatic rings. The van der Waals surface area contributed by atoms with E-state index in [0.717, 1.165) is 50.6 Å². The van der Waals surface area contributed by atoms with Gasteiger partial charge in [-0.1, -0.05) is 18.2 Å². The van der Waals surface area contributed by atoms with E-state index in [4.69, 9.17) is 4.74 Å². The molecular weight excluding hydrogens is 334 g/mol. The van der Waals surface area contributed by atoms with Crippen LogP contribution in [0.4, 0.5) is 0 Å². The third-order valence-electron chi connectivity index (χ3n) is 4.36. The average Bonchev–Trinajstić information content (AvgIpc) is 2.98. The van der Waals surface area contributed by atoms with Crippen LogP contribution in [0.3, 0.4) is 0 Å². The summed E-state index contributed by atoms with van der Waals surface area (Å²) in [7, 11) is 1.86. The molecule has 1 aromatic heterocycles. The zero-order valence-electron chi connectivity index (χ0n) is 14.9. The van der Waals surface area contributed by atoms with Crippen LogP contribution in [0.15, 0.2) is 35.4 Å². The van der Waals surface area contributed by atoms with Gasteiger partial charge >= 0.3 is 0 Å². The van der Waals surface area contributed by atoms with Crippen LogP contribution in [0.25, 0.3) is 0 Å². The monoisotopic (exact) mass is 359 g/mol. The van der Waals surface area contributed by atoms with Crippen LogP contribution in [-0.2, 0) is 18.2 Å². The molecule has 0 unspecified atom stereocenters. The van der Waals surface area contributed by atoms with E-state index in [1.165, 1.54) is 10.5 Å². The molecule has 2 heterocycles. The smallest absolute Gasteiger partial charge is 0.180 e. The quantitative estimate of drug-likeness (QED) is 0.562. The minimum absolute atomic E-state index is 0.0213. The Labute approximate surface area is 153 Å². The first-order valence-electron chi connectivity index (χ1n) is 8.68. The van der Waals surface area contributed by atoms with Crippen molar-refractivity contribution in [2.75, 3.05) is 38.6 Å². The van der Waals surface area contributed by atoms with Crippen LogP contribution >= 0.6 is 11.8 Å². The predicted molar refractivity (Wildman–Crippen MR) is 100 cm³/mol. The Hall–Kier alpha value is -1.63. The van der Waals surface area contributed by atoms with Crippen molar-refractivity contribution in [2.45, 2.75) is 18.2 Å². The van der Waals surface area contributed by atoms with Crippen LogP contribution in [0.2, 0.25) is 0 Å². The zero-order chi connectivity index (χ0) is 17.6. The minimum Gasteiger partial charge on any atom is -0.379 e. The molecule has 0 amide bonds. The first kappa shape index (κ1) is 18.2. The fraction of sp³-hybridized carbons (Fsp3) is 0.474. The average molecular weight is 359 g/mol. The van der Waals surface area contributed by atoms with E-state index >= 15 is 0 Å². The summed E-state index contributed by atoms with van der Waals surface area (Å²) in [6.45, 7) is 6.40. The summed E-state index contributed by atoms with van der Waals surface area (Å²) in [5, 5.41) is 4.30. The van der Waals surface area contributed by atoms with Gasteiger partial charge in [-0.2, -0.15) is 5.10 Å². The normalized spacial score (nSPS) is 15.4. The Morgan fingerprint density at radius 3 is 2.76 bits per heavy atom. The lowest BCUT2D eigenvalue weighted by molar-refractivity contribution is 0.0410. The SMILES string of the molecule is CC(=O)c1nn(C)cc1Cc1ccccc1SCCN1CCOCC1. The molecule has 0 saturated carbocycles. The highest BCUT2D eigenvalue weighted by Gasteiger charge is 2.15. The lowest BCUT2D eigenvalue weighted by Crippen LogP contribution is -2.37. The van der Waals surface area contributed by atoms with Gasteiger partial charge in [0.05, 0.1) is 13.2 Å². The number of hydrogen-bond acceptors (Lipinski definition) is 5. The third-order valence-corrected chi connectivity index (χ3v) is 5.46. The van der Waals surface area contributed by atoms with E-state index in [0.29, 0.717) is 5.69 Å². The van der Waals surface area contributed by atoms with E-state index < -0.39 is 0 Å². The van der Waals surface area contributed by atoms with Crippen LogP contribution in [0, 0.1) is 0 Å². The zero-order valence-corrected chi connectivity index (χ0v) is 15.7. The Bertz CT molecular complexity index is 723. The maximum atomic E-state index is 11.8. The van der Waals surface area contributed by atoms with Gasteiger partial charge in [-0.15, -0.1) is 11.8 Å². The number of Topliss-reactive ketones (excluding diaryl/α,β-unsaturated/α-hetero) is 1. The number of carbonyl (C=O) groups is 1. The number of rotatable bonds is 7.